The molecule has 1 heterocycles. The zero-order valence-electron chi connectivity index (χ0n) is 13.6. The third kappa shape index (κ3) is 3.21. The van der Waals surface area contributed by atoms with Crippen LogP contribution in [0, 0.1) is 11.3 Å². The Balaban J connectivity index is 2.18. The van der Waals surface area contributed by atoms with Gasteiger partial charge in [-0.05, 0) is 23.8 Å². The number of carbonyl (C=O) groups is 1. The Kier molecular flexibility index (Phi) is 4.48. The quantitative estimate of drug-likeness (QED) is 0.563. The van der Waals surface area contributed by atoms with Gasteiger partial charge in [-0.15, -0.1) is 0 Å². The number of hydrogen-bond donors (Lipinski definition) is 2. The molecule has 3 aromatic rings. The van der Waals surface area contributed by atoms with E-state index in [4.69, 9.17) is 5.73 Å². The van der Waals surface area contributed by atoms with Gasteiger partial charge in [-0.3, -0.25) is 4.79 Å². The standard InChI is InChI=1S/C19H16N4O2/c1-25-17(24)11-23-19-15-4-2-3-13(9-20)18(15)16(10-22-19)12-5-7-14(21)8-6-12/h2-8,10H,11,21H2,1H3,(H,22,23). The molecule has 3 rings (SSSR count). The molecule has 0 aliphatic rings. The fourth-order valence-electron chi connectivity index (χ4n) is 2.65. The predicted octanol–water partition coefficient (Wildman–Crippen LogP) is 2.94. The number of aromatic nitrogens is 1. The van der Waals surface area contributed by atoms with E-state index >= 15 is 0 Å². The summed E-state index contributed by atoms with van der Waals surface area (Å²) in [5, 5.41) is 14.0. The lowest BCUT2D eigenvalue weighted by atomic mass is 9.96. The molecule has 0 spiro atoms. The highest BCUT2D eigenvalue weighted by Gasteiger charge is 2.13. The first-order valence-corrected chi connectivity index (χ1v) is 7.62. The number of methoxy groups -OCH3 is 1. The summed E-state index contributed by atoms with van der Waals surface area (Å²) in [5.41, 5.74) is 8.70. The van der Waals surface area contributed by atoms with Crippen LogP contribution in [0.1, 0.15) is 5.56 Å². The molecule has 6 nitrogen and oxygen atoms in total. The summed E-state index contributed by atoms with van der Waals surface area (Å²) in [7, 11) is 1.33. The molecule has 0 aliphatic carbocycles. The van der Waals surface area contributed by atoms with Gasteiger partial charge in [0, 0.05) is 28.2 Å². The minimum absolute atomic E-state index is 0.00337. The van der Waals surface area contributed by atoms with Crippen molar-refractivity contribution in [3.63, 3.8) is 0 Å². The van der Waals surface area contributed by atoms with Gasteiger partial charge >= 0.3 is 5.97 Å². The van der Waals surface area contributed by atoms with E-state index < -0.39 is 5.97 Å². The fraction of sp³-hybridized carbons (Fsp3) is 0.105. The smallest absolute Gasteiger partial charge is 0.325 e. The molecule has 0 unspecified atom stereocenters. The number of benzene rings is 2. The normalized spacial score (nSPS) is 10.2. The molecular weight excluding hydrogens is 316 g/mol. The van der Waals surface area contributed by atoms with Gasteiger partial charge in [0.05, 0.1) is 18.7 Å². The van der Waals surface area contributed by atoms with Crippen LogP contribution in [-0.4, -0.2) is 24.6 Å². The summed E-state index contributed by atoms with van der Waals surface area (Å²) in [6, 6.07) is 15.0. The summed E-state index contributed by atoms with van der Waals surface area (Å²) in [6.07, 6.45) is 1.69. The number of esters is 1. The van der Waals surface area contributed by atoms with Crippen molar-refractivity contribution in [2.45, 2.75) is 0 Å². The van der Waals surface area contributed by atoms with Gasteiger partial charge in [0.2, 0.25) is 0 Å². The van der Waals surface area contributed by atoms with Crippen LogP contribution >= 0.6 is 0 Å². The number of ether oxygens (including phenoxy) is 1. The minimum atomic E-state index is -0.394. The number of nitrogen functional groups attached to an aromatic ring is 1. The molecule has 0 bridgehead atoms. The number of nitrogens with zero attached hydrogens (tertiary/aromatic N) is 2. The van der Waals surface area contributed by atoms with Crippen LogP contribution in [0.25, 0.3) is 21.9 Å². The number of fused-ring (bicyclic) bond motifs is 1. The number of nitriles is 1. The molecule has 2 aromatic carbocycles. The molecule has 0 aliphatic heterocycles. The van der Waals surface area contributed by atoms with Crippen molar-refractivity contribution in [2.24, 2.45) is 0 Å². The lowest BCUT2D eigenvalue weighted by molar-refractivity contribution is -0.138. The summed E-state index contributed by atoms with van der Waals surface area (Å²) in [6.45, 7) is -0.00337. The Morgan fingerprint density at radius 3 is 2.72 bits per heavy atom. The number of anilines is 2. The Morgan fingerprint density at radius 2 is 2.04 bits per heavy atom. The van der Waals surface area contributed by atoms with E-state index in [1.807, 2.05) is 18.2 Å². The Labute approximate surface area is 144 Å². The largest absolute Gasteiger partial charge is 0.468 e. The SMILES string of the molecule is COC(=O)CNc1ncc(-c2ccc(N)cc2)c2c(C#N)cccc12. The van der Waals surface area contributed by atoms with Gasteiger partial charge in [-0.2, -0.15) is 5.26 Å². The highest BCUT2D eigenvalue weighted by molar-refractivity contribution is 6.05. The summed E-state index contributed by atoms with van der Waals surface area (Å²) < 4.78 is 4.64. The van der Waals surface area contributed by atoms with Crippen molar-refractivity contribution < 1.29 is 9.53 Å². The van der Waals surface area contributed by atoms with E-state index in [1.54, 1.807) is 30.5 Å². The van der Waals surface area contributed by atoms with Gasteiger partial charge in [-0.1, -0.05) is 24.3 Å². The molecule has 3 N–H and O–H groups in total. The molecule has 0 radical (unpaired) electrons. The molecular formula is C19H16N4O2. The van der Waals surface area contributed by atoms with Crippen LogP contribution in [0.2, 0.25) is 0 Å². The minimum Gasteiger partial charge on any atom is -0.468 e. The van der Waals surface area contributed by atoms with E-state index in [-0.39, 0.29) is 6.54 Å². The maximum Gasteiger partial charge on any atom is 0.325 e. The van der Waals surface area contributed by atoms with Crippen molar-refractivity contribution in [3.05, 3.63) is 54.2 Å². The third-order valence-electron chi connectivity index (χ3n) is 3.88. The molecule has 6 heteroatoms. The van der Waals surface area contributed by atoms with Crippen LogP contribution < -0.4 is 11.1 Å². The first kappa shape index (κ1) is 16.3. The third-order valence-corrected chi connectivity index (χ3v) is 3.88. The zero-order valence-corrected chi connectivity index (χ0v) is 13.6. The molecule has 0 amide bonds. The van der Waals surface area contributed by atoms with Gasteiger partial charge < -0.3 is 15.8 Å². The highest BCUT2D eigenvalue weighted by Crippen LogP contribution is 2.34. The second-order valence-corrected chi connectivity index (χ2v) is 5.41. The van der Waals surface area contributed by atoms with Crippen molar-refractivity contribution >= 4 is 28.2 Å². The van der Waals surface area contributed by atoms with E-state index in [1.165, 1.54) is 7.11 Å². The summed E-state index contributed by atoms with van der Waals surface area (Å²) >= 11 is 0. The maximum absolute atomic E-state index is 11.4. The fourth-order valence-corrected chi connectivity index (χ4v) is 2.65. The molecule has 0 atom stereocenters. The van der Waals surface area contributed by atoms with Crippen molar-refractivity contribution in [2.75, 3.05) is 24.7 Å². The molecule has 0 saturated carbocycles. The molecule has 124 valence electrons. The van der Waals surface area contributed by atoms with E-state index in [2.05, 4.69) is 21.1 Å². The number of nitrogens with two attached hydrogens (primary N) is 1. The summed E-state index contributed by atoms with van der Waals surface area (Å²) in [4.78, 5) is 15.8. The van der Waals surface area contributed by atoms with Gasteiger partial charge in [0.25, 0.3) is 0 Å². The molecule has 1 aromatic heterocycles. The van der Waals surface area contributed by atoms with E-state index in [0.29, 0.717) is 17.1 Å². The monoisotopic (exact) mass is 332 g/mol. The second-order valence-electron chi connectivity index (χ2n) is 5.41. The van der Waals surface area contributed by atoms with Crippen LogP contribution in [-0.2, 0) is 9.53 Å². The van der Waals surface area contributed by atoms with Gasteiger partial charge in [-0.25, -0.2) is 4.98 Å². The Hall–Kier alpha value is -3.59. The average Bonchev–Trinajstić information content (AvgIpc) is 2.66. The van der Waals surface area contributed by atoms with Crippen LogP contribution in [0.3, 0.4) is 0 Å². The summed E-state index contributed by atoms with van der Waals surface area (Å²) in [5.74, 6) is 0.130. The van der Waals surface area contributed by atoms with Gasteiger partial charge in [0.1, 0.15) is 12.4 Å². The van der Waals surface area contributed by atoms with E-state index in [9.17, 15) is 10.1 Å². The van der Waals surface area contributed by atoms with Crippen molar-refractivity contribution in [1.82, 2.24) is 4.98 Å². The van der Waals surface area contributed by atoms with Crippen LogP contribution in [0.5, 0.6) is 0 Å². The first-order chi connectivity index (χ1) is 12.1. The molecule has 25 heavy (non-hydrogen) atoms. The molecule has 0 saturated heterocycles. The number of nitrogens with one attached hydrogen (secondary N) is 1. The van der Waals surface area contributed by atoms with Crippen LogP contribution in [0.4, 0.5) is 11.5 Å². The van der Waals surface area contributed by atoms with Crippen molar-refractivity contribution in [1.29, 1.82) is 5.26 Å². The number of rotatable bonds is 4. The average molecular weight is 332 g/mol. The highest BCUT2D eigenvalue weighted by atomic mass is 16.5. The number of hydrogen-bond acceptors (Lipinski definition) is 6. The lowest BCUT2D eigenvalue weighted by Gasteiger charge is -2.13. The van der Waals surface area contributed by atoms with Gasteiger partial charge in [0.15, 0.2) is 0 Å². The second kappa shape index (κ2) is 6.89. The number of pyridine rings is 1. The van der Waals surface area contributed by atoms with Crippen LogP contribution in [0.15, 0.2) is 48.7 Å². The Morgan fingerprint density at radius 1 is 1.28 bits per heavy atom. The zero-order chi connectivity index (χ0) is 17.8. The maximum atomic E-state index is 11.4. The topological polar surface area (TPSA) is 101 Å². The predicted molar refractivity (Wildman–Crippen MR) is 96.8 cm³/mol. The Bertz CT molecular complexity index is 975. The first-order valence-electron chi connectivity index (χ1n) is 7.62. The van der Waals surface area contributed by atoms with Crippen molar-refractivity contribution in [3.8, 4) is 17.2 Å². The molecule has 0 fully saturated rings. The van der Waals surface area contributed by atoms with E-state index in [0.717, 1.165) is 21.9 Å². The lowest BCUT2D eigenvalue weighted by Crippen LogP contribution is -2.16. The number of carbonyl (C=O) groups excluding carboxylic acids is 1.